The van der Waals surface area contributed by atoms with Gasteiger partial charge >= 0.3 is 0 Å². The fourth-order valence-electron chi connectivity index (χ4n) is 3.30. The molecule has 1 aromatic heterocycles. The zero-order valence-electron chi connectivity index (χ0n) is 15.6. The van der Waals surface area contributed by atoms with Crippen LogP contribution < -0.4 is 0 Å². The third-order valence-electron chi connectivity index (χ3n) is 5.19. The Labute approximate surface area is 158 Å². The SMILES string of the molecule is Cc1ccc(-c2nnc(CCC(=O)N3CCN(C(=O)C4CC4)CC3)o2)cc1. The summed E-state index contributed by atoms with van der Waals surface area (Å²) >= 11 is 0. The molecule has 4 rings (SSSR count). The molecule has 7 nitrogen and oxygen atoms in total. The van der Waals surface area contributed by atoms with Crippen LogP contribution in [0.5, 0.6) is 0 Å². The molecular formula is C20H24N4O3. The van der Waals surface area contributed by atoms with E-state index in [9.17, 15) is 9.59 Å². The lowest BCUT2D eigenvalue weighted by atomic mass is 10.1. The second-order valence-electron chi connectivity index (χ2n) is 7.35. The van der Waals surface area contributed by atoms with E-state index in [1.54, 1.807) is 0 Å². The van der Waals surface area contributed by atoms with Crippen LogP contribution in [0.15, 0.2) is 28.7 Å². The predicted molar refractivity (Wildman–Crippen MR) is 98.7 cm³/mol. The van der Waals surface area contributed by atoms with Crippen molar-refractivity contribution in [3.63, 3.8) is 0 Å². The monoisotopic (exact) mass is 368 g/mol. The van der Waals surface area contributed by atoms with Crippen molar-refractivity contribution in [1.82, 2.24) is 20.0 Å². The lowest BCUT2D eigenvalue weighted by Crippen LogP contribution is -2.51. The van der Waals surface area contributed by atoms with Gasteiger partial charge in [-0.3, -0.25) is 9.59 Å². The molecule has 2 amide bonds. The summed E-state index contributed by atoms with van der Waals surface area (Å²) in [5.41, 5.74) is 2.05. The molecule has 0 spiro atoms. The van der Waals surface area contributed by atoms with Gasteiger partial charge in [0.2, 0.25) is 23.6 Å². The summed E-state index contributed by atoms with van der Waals surface area (Å²) in [4.78, 5) is 28.2. The van der Waals surface area contributed by atoms with Crippen LogP contribution in [0.25, 0.3) is 11.5 Å². The fourth-order valence-corrected chi connectivity index (χ4v) is 3.30. The van der Waals surface area contributed by atoms with Gasteiger partial charge in [-0.2, -0.15) is 0 Å². The summed E-state index contributed by atoms with van der Waals surface area (Å²) in [6.45, 7) is 4.51. The number of nitrogens with zero attached hydrogens (tertiary/aromatic N) is 4. The van der Waals surface area contributed by atoms with Gasteiger partial charge in [-0.1, -0.05) is 17.7 Å². The molecule has 2 aliphatic rings. The molecule has 1 saturated heterocycles. The van der Waals surface area contributed by atoms with Crippen LogP contribution >= 0.6 is 0 Å². The van der Waals surface area contributed by atoms with Crippen LogP contribution in [0.2, 0.25) is 0 Å². The van der Waals surface area contributed by atoms with E-state index in [0.29, 0.717) is 50.8 Å². The summed E-state index contributed by atoms with van der Waals surface area (Å²) < 4.78 is 5.68. The zero-order chi connectivity index (χ0) is 18.8. The third kappa shape index (κ3) is 4.18. The molecule has 0 unspecified atom stereocenters. The first kappa shape index (κ1) is 17.7. The number of rotatable bonds is 5. The summed E-state index contributed by atoms with van der Waals surface area (Å²) in [5.74, 6) is 1.53. The van der Waals surface area contributed by atoms with E-state index in [2.05, 4.69) is 10.2 Å². The second-order valence-corrected chi connectivity index (χ2v) is 7.35. The third-order valence-corrected chi connectivity index (χ3v) is 5.19. The molecule has 2 fully saturated rings. The number of amides is 2. The van der Waals surface area contributed by atoms with Crippen molar-refractivity contribution < 1.29 is 14.0 Å². The molecule has 2 aromatic rings. The van der Waals surface area contributed by atoms with E-state index in [-0.39, 0.29) is 17.7 Å². The number of carbonyl (C=O) groups is 2. The summed E-state index contributed by atoms with van der Waals surface area (Å²) in [6.07, 6.45) is 2.81. The van der Waals surface area contributed by atoms with E-state index < -0.39 is 0 Å². The summed E-state index contributed by atoms with van der Waals surface area (Å²) in [6, 6.07) is 7.88. The number of hydrogen-bond acceptors (Lipinski definition) is 5. The predicted octanol–water partition coefficient (Wildman–Crippen LogP) is 2.06. The Hall–Kier alpha value is -2.70. The van der Waals surface area contributed by atoms with Crippen molar-refractivity contribution in [2.45, 2.75) is 32.6 Å². The van der Waals surface area contributed by atoms with Crippen LogP contribution in [0.3, 0.4) is 0 Å². The Kier molecular flexibility index (Phi) is 4.92. The minimum Gasteiger partial charge on any atom is -0.421 e. The summed E-state index contributed by atoms with van der Waals surface area (Å²) in [7, 11) is 0. The highest BCUT2D eigenvalue weighted by Crippen LogP contribution is 2.31. The average Bonchev–Trinajstić information content (AvgIpc) is 3.44. The van der Waals surface area contributed by atoms with E-state index in [0.717, 1.165) is 18.4 Å². The van der Waals surface area contributed by atoms with Gasteiger partial charge in [0, 0.05) is 50.5 Å². The maximum atomic E-state index is 12.4. The van der Waals surface area contributed by atoms with E-state index >= 15 is 0 Å². The number of hydrogen-bond donors (Lipinski definition) is 0. The second kappa shape index (κ2) is 7.50. The molecule has 1 aliphatic heterocycles. The van der Waals surface area contributed by atoms with Gasteiger partial charge in [0.1, 0.15) is 0 Å². The Bertz CT molecular complexity index is 818. The van der Waals surface area contributed by atoms with Crippen LogP contribution in [0, 0.1) is 12.8 Å². The smallest absolute Gasteiger partial charge is 0.247 e. The first-order valence-corrected chi connectivity index (χ1v) is 9.56. The molecule has 1 aromatic carbocycles. The number of benzene rings is 1. The van der Waals surface area contributed by atoms with Crippen molar-refractivity contribution >= 4 is 11.8 Å². The van der Waals surface area contributed by atoms with E-state index in [4.69, 9.17) is 4.42 Å². The Balaban J connectivity index is 1.26. The molecule has 0 atom stereocenters. The largest absolute Gasteiger partial charge is 0.421 e. The Morgan fingerprint density at radius 3 is 2.37 bits per heavy atom. The van der Waals surface area contributed by atoms with Crippen molar-refractivity contribution in [3.8, 4) is 11.5 Å². The highest BCUT2D eigenvalue weighted by atomic mass is 16.4. The van der Waals surface area contributed by atoms with Gasteiger partial charge in [0.25, 0.3) is 0 Å². The lowest BCUT2D eigenvalue weighted by Gasteiger charge is -2.35. The molecule has 0 radical (unpaired) electrons. The first-order chi connectivity index (χ1) is 13.1. The van der Waals surface area contributed by atoms with Gasteiger partial charge in [0.15, 0.2) is 0 Å². The summed E-state index contributed by atoms with van der Waals surface area (Å²) in [5, 5.41) is 8.13. The normalized spacial score (nSPS) is 17.2. The molecule has 2 heterocycles. The maximum absolute atomic E-state index is 12.4. The topological polar surface area (TPSA) is 79.5 Å². The molecule has 1 saturated carbocycles. The molecule has 142 valence electrons. The number of carbonyl (C=O) groups excluding carboxylic acids is 2. The maximum Gasteiger partial charge on any atom is 0.247 e. The lowest BCUT2D eigenvalue weighted by molar-refractivity contribution is -0.140. The van der Waals surface area contributed by atoms with Crippen LogP contribution in [0.4, 0.5) is 0 Å². The van der Waals surface area contributed by atoms with Crippen LogP contribution in [0.1, 0.15) is 30.7 Å². The van der Waals surface area contributed by atoms with Crippen LogP contribution in [-0.4, -0.2) is 58.0 Å². The quantitative estimate of drug-likeness (QED) is 0.807. The number of aryl methyl sites for hydroxylation is 2. The fraction of sp³-hybridized carbons (Fsp3) is 0.500. The molecule has 0 N–H and O–H groups in total. The zero-order valence-corrected chi connectivity index (χ0v) is 15.6. The van der Waals surface area contributed by atoms with Gasteiger partial charge in [0.05, 0.1) is 0 Å². The molecule has 1 aliphatic carbocycles. The minimum absolute atomic E-state index is 0.0728. The first-order valence-electron chi connectivity index (χ1n) is 9.56. The molecular weight excluding hydrogens is 344 g/mol. The van der Waals surface area contributed by atoms with E-state index in [1.807, 2.05) is 41.0 Å². The number of piperazine rings is 1. The van der Waals surface area contributed by atoms with E-state index in [1.165, 1.54) is 5.56 Å². The molecule has 7 heteroatoms. The highest BCUT2D eigenvalue weighted by molar-refractivity contribution is 5.81. The van der Waals surface area contributed by atoms with Gasteiger partial charge in [-0.15, -0.1) is 10.2 Å². The van der Waals surface area contributed by atoms with Gasteiger partial charge < -0.3 is 14.2 Å². The van der Waals surface area contributed by atoms with Crippen molar-refractivity contribution in [1.29, 1.82) is 0 Å². The van der Waals surface area contributed by atoms with Crippen molar-refractivity contribution in [2.24, 2.45) is 5.92 Å². The Morgan fingerprint density at radius 1 is 1.04 bits per heavy atom. The van der Waals surface area contributed by atoms with Gasteiger partial charge in [-0.05, 0) is 31.9 Å². The van der Waals surface area contributed by atoms with Crippen LogP contribution in [-0.2, 0) is 16.0 Å². The average molecular weight is 368 g/mol. The van der Waals surface area contributed by atoms with Crippen molar-refractivity contribution in [3.05, 3.63) is 35.7 Å². The van der Waals surface area contributed by atoms with Gasteiger partial charge in [-0.25, -0.2) is 0 Å². The standard InChI is InChI=1S/C20H24N4O3/c1-14-2-4-15(5-3-14)19-22-21-17(27-19)8-9-18(25)23-10-12-24(13-11-23)20(26)16-6-7-16/h2-5,16H,6-13H2,1H3. The highest BCUT2D eigenvalue weighted by Gasteiger charge is 2.35. The Morgan fingerprint density at radius 2 is 1.70 bits per heavy atom. The number of aromatic nitrogens is 2. The minimum atomic E-state index is 0.0728. The molecule has 27 heavy (non-hydrogen) atoms. The molecule has 0 bridgehead atoms. The van der Waals surface area contributed by atoms with Crippen molar-refractivity contribution in [2.75, 3.05) is 26.2 Å².